The van der Waals surface area contributed by atoms with E-state index in [2.05, 4.69) is 93.7 Å². The Labute approximate surface area is 208 Å². The molecule has 5 nitrogen and oxygen atoms in total. The number of rotatable bonds is 7. The van der Waals surface area contributed by atoms with E-state index in [1.807, 2.05) is 37.3 Å². The Kier molecular flexibility index (Phi) is 7.38. The number of aromatic nitrogens is 2. The van der Waals surface area contributed by atoms with Gasteiger partial charge in [0.05, 0.1) is 33.5 Å². The number of nitrogens with one attached hydrogen (secondary N) is 1. The Morgan fingerprint density at radius 2 is 1.91 bits per heavy atom. The topological polar surface area (TPSA) is 54.6 Å². The number of para-hydroxylation sites is 2. The zero-order valence-corrected chi connectivity index (χ0v) is 21.2. The van der Waals surface area contributed by atoms with Gasteiger partial charge in [-0.1, -0.05) is 40.7 Å². The van der Waals surface area contributed by atoms with Crippen LogP contribution >= 0.6 is 15.9 Å². The fraction of sp³-hybridized carbons (Fsp3) is 0.179. The predicted molar refractivity (Wildman–Crippen MR) is 147 cm³/mol. The van der Waals surface area contributed by atoms with Crippen molar-refractivity contribution in [2.75, 3.05) is 11.9 Å². The molecule has 1 heterocycles. The number of anilines is 1. The van der Waals surface area contributed by atoms with E-state index in [1.165, 1.54) is 0 Å². The van der Waals surface area contributed by atoms with Gasteiger partial charge in [0, 0.05) is 34.7 Å². The molecule has 2 aliphatic rings. The number of halogens is 1. The second-order valence-electron chi connectivity index (χ2n) is 8.23. The molecule has 0 saturated carbocycles. The molecule has 2 aromatic carbocycles. The summed E-state index contributed by atoms with van der Waals surface area (Å²) in [5, 5.41) is 4.42. The molecular weight excluding hydrogens is 486 g/mol. The highest BCUT2D eigenvalue weighted by Gasteiger charge is 2.16. The van der Waals surface area contributed by atoms with Gasteiger partial charge in [-0.3, -0.25) is 9.98 Å². The minimum Gasteiger partial charge on any atom is -0.380 e. The van der Waals surface area contributed by atoms with E-state index in [9.17, 15) is 0 Å². The van der Waals surface area contributed by atoms with Crippen LogP contribution in [0.3, 0.4) is 0 Å². The molecule has 34 heavy (non-hydrogen) atoms. The Morgan fingerprint density at radius 3 is 2.65 bits per heavy atom. The van der Waals surface area contributed by atoms with Crippen LogP contribution in [0.25, 0.3) is 28.1 Å². The fourth-order valence-electron chi connectivity index (χ4n) is 3.82. The van der Waals surface area contributed by atoms with Crippen LogP contribution < -0.4 is 10.7 Å². The smallest absolute Gasteiger partial charge is 0.0900 e. The highest BCUT2D eigenvalue weighted by atomic mass is 79.9. The van der Waals surface area contributed by atoms with Crippen LogP contribution in [-0.4, -0.2) is 27.8 Å². The fourth-order valence-corrected chi connectivity index (χ4v) is 4.09. The minimum atomic E-state index is 0.157. The summed E-state index contributed by atoms with van der Waals surface area (Å²) in [6.45, 7) is 10.4. The molecule has 0 fully saturated rings. The summed E-state index contributed by atoms with van der Waals surface area (Å²) < 4.78 is 3.30. The third-order valence-electron chi connectivity index (χ3n) is 5.24. The minimum absolute atomic E-state index is 0.157. The van der Waals surface area contributed by atoms with Crippen LogP contribution in [-0.2, 0) is 0 Å². The van der Waals surface area contributed by atoms with Crippen molar-refractivity contribution in [2.45, 2.75) is 26.8 Å². The molecule has 0 saturated heterocycles. The number of aliphatic imine (C=N–C) groups is 1. The normalized spacial score (nSPS) is 12.9. The van der Waals surface area contributed by atoms with Gasteiger partial charge in [0.15, 0.2) is 0 Å². The van der Waals surface area contributed by atoms with Crippen molar-refractivity contribution in [2.24, 2.45) is 9.98 Å². The lowest BCUT2D eigenvalue weighted by Crippen LogP contribution is -2.18. The summed E-state index contributed by atoms with van der Waals surface area (Å²) in [6, 6.07) is 20.9. The molecule has 0 amide bonds. The van der Waals surface area contributed by atoms with Crippen LogP contribution in [0, 0.1) is 0 Å². The van der Waals surface area contributed by atoms with Crippen molar-refractivity contribution in [3.8, 4) is 17.1 Å². The van der Waals surface area contributed by atoms with Crippen molar-refractivity contribution in [1.29, 1.82) is 0 Å². The molecule has 0 aromatic heterocycles. The van der Waals surface area contributed by atoms with Gasteiger partial charge in [0.25, 0.3) is 0 Å². The van der Waals surface area contributed by atoms with Gasteiger partial charge in [0.2, 0.25) is 0 Å². The number of allylic oxidation sites excluding steroid dienone is 1. The van der Waals surface area contributed by atoms with E-state index < -0.39 is 0 Å². The van der Waals surface area contributed by atoms with Gasteiger partial charge < -0.3 is 9.88 Å². The van der Waals surface area contributed by atoms with Crippen molar-refractivity contribution >= 4 is 38.4 Å². The van der Waals surface area contributed by atoms with E-state index in [0.29, 0.717) is 6.54 Å². The van der Waals surface area contributed by atoms with Crippen molar-refractivity contribution < 1.29 is 0 Å². The standard InChI is InChI=1S/C28H28BrN5/c1-5-30-20(4)9-8-16-31-24-17-26-28(18-25(24)32-19(2)3)34(22-14-12-21(29)13-15-22)27-11-7-6-10-23(27)33-26/h5-15,17-19,31H,1,16H2,2-4H3. The molecular formula is C28H28BrN5. The molecule has 4 rings (SSSR count). The highest BCUT2D eigenvalue weighted by molar-refractivity contribution is 9.10. The van der Waals surface area contributed by atoms with Crippen molar-refractivity contribution in [3.05, 3.63) is 95.4 Å². The van der Waals surface area contributed by atoms with Crippen LogP contribution in [0.2, 0.25) is 0 Å². The molecule has 0 bridgehead atoms. The Bertz CT molecular complexity index is 1410. The molecule has 1 aliphatic heterocycles. The van der Waals surface area contributed by atoms with Gasteiger partial charge in [-0.05, 0) is 75.4 Å². The molecule has 2 aromatic rings. The quantitative estimate of drug-likeness (QED) is 0.219. The van der Waals surface area contributed by atoms with Gasteiger partial charge >= 0.3 is 0 Å². The Morgan fingerprint density at radius 1 is 1.15 bits per heavy atom. The zero-order chi connectivity index (χ0) is 24.1. The molecule has 1 N–H and O–H groups in total. The van der Waals surface area contributed by atoms with Gasteiger partial charge in [0.1, 0.15) is 0 Å². The Hall–Kier alpha value is -3.51. The van der Waals surface area contributed by atoms with E-state index in [0.717, 1.165) is 49.3 Å². The Balaban J connectivity index is 1.90. The molecule has 172 valence electrons. The number of benzene rings is 3. The number of hydrogen-bond donors (Lipinski definition) is 1. The first-order valence-electron chi connectivity index (χ1n) is 11.3. The maximum absolute atomic E-state index is 4.98. The molecule has 0 atom stereocenters. The van der Waals surface area contributed by atoms with Gasteiger partial charge in [-0.2, -0.15) is 0 Å². The maximum atomic E-state index is 4.98. The summed E-state index contributed by atoms with van der Waals surface area (Å²) in [5.74, 6) is 0. The summed E-state index contributed by atoms with van der Waals surface area (Å²) in [7, 11) is 0. The average Bonchev–Trinajstić information content (AvgIpc) is 2.81. The SMILES string of the molecule is C=CN=C(C)C=CCNc1cc2nc3ccccc3n(-c3ccc(Br)cc3)c-2cc1=NC(C)C. The van der Waals surface area contributed by atoms with Crippen LogP contribution in [0.15, 0.2) is 100 Å². The summed E-state index contributed by atoms with van der Waals surface area (Å²) in [4.78, 5) is 14.1. The first-order valence-corrected chi connectivity index (χ1v) is 12.1. The van der Waals surface area contributed by atoms with Crippen molar-refractivity contribution in [1.82, 2.24) is 9.55 Å². The van der Waals surface area contributed by atoms with Crippen LogP contribution in [0.1, 0.15) is 20.8 Å². The molecule has 6 heteroatoms. The van der Waals surface area contributed by atoms with Crippen LogP contribution in [0.4, 0.5) is 5.69 Å². The lowest BCUT2D eigenvalue weighted by Gasteiger charge is -2.20. The number of hydrogen-bond acceptors (Lipinski definition) is 4. The molecule has 0 radical (unpaired) electrons. The molecule has 1 aliphatic carbocycles. The zero-order valence-electron chi connectivity index (χ0n) is 19.7. The second-order valence-corrected chi connectivity index (χ2v) is 9.15. The maximum Gasteiger partial charge on any atom is 0.0900 e. The summed E-state index contributed by atoms with van der Waals surface area (Å²) in [5.41, 5.74) is 6.83. The molecule has 0 spiro atoms. The second kappa shape index (κ2) is 10.6. The van der Waals surface area contributed by atoms with Gasteiger partial charge in [-0.25, -0.2) is 4.98 Å². The van der Waals surface area contributed by atoms with Crippen LogP contribution in [0.5, 0.6) is 0 Å². The highest BCUT2D eigenvalue weighted by Crippen LogP contribution is 2.30. The summed E-state index contributed by atoms with van der Waals surface area (Å²) in [6.07, 6.45) is 5.57. The van der Waals surface area contributed by atoms with E-state index in [1.54, 1.807) is 6.20 Å². The average molecular weight is 514 g/mol. The van der Waals surface area contributed by atoms with E-state index in [-0.39, 0.29) is 6.04 Å². The predicted octanol–water partition coefficient (Wildman–Crippen LogP) is 6.77. The van der Waals surface area contributed by atoms with E-state index >= 15 is 0 Å². The lowest BCUT2D eigenvalue weighted by molar-refractivity contribution is 0.805. The lowest BCUT2D eigenvalue weighted by atomic mass is 10.1. The van der Waals surface area contributed by atoms with Gasteiger partial charge in [-0.15, -0.1) is 0 Å². The largest absolute Gasteiger partial charge is 0.380 e. The number of fused-ring (bicyclic) bond motifs is 2. The first-order chi connectivity index (χ1) is 16.5. The first kappa shape index (κ1) is 23.6. The van der Waals surface area contributed by atoms with E-state index in [4.69, 9.17) is 9.98 Å². The van der Waals surface area contributed by atoms with Crippen molar-refractivity contribution in [3.63, 3.8) is 0 Å². The number of nitrogens with zero attached hydrogens (tertiary/aromatic N) is 4. The molecule has 0 unspecified atom stereocenters. The third-order valence-corrected chi connectivity index (χ3v) is 5.77. The third kappa shape index (κ3) is 5.34. The summed E-state index contributed by atoms with van der Waals surface area (Å²) >= 11 is 3.55. The monoisotopic (exact) mass is 513 g/mol.